The Morgan fingerprint density at radius 2 is 1.57 bits per heavy atom. The lowest BCUT2D eigenvalue weighted by Gasteiger charge is -2.08. The van der Waals surface area contributed by atoms with Crippen LogP contribution in [0.15, 0.2) is 30.3 Å². The molecule has 2 rings (SSSR count). The van der Waals surface area contributed by atoms with Gasteiger partial charge < -0.3 is 9.47 Å². The molecule has 23 heavy (non-hydrogen) atoms. The van der Waals surface area contributed by atoms with E-state index in [2.05, 4.69) is 4.74 Å². The van der Waals surface area contributed by atoms with Crippen LogP contribution in [-0.2, 0) is 0 Å². The fourth-order valence-electron chi connectivity index (χ4n) is 1.72. The Morgan fingerprint density at radius 3 is 2.13 bits per heavy atom. The van der Waals surface area contributed by atoms with Gasteiger partial charge in [-0.15, -0.1) is 0 Å². The molecule has 0 aliphatic heterocycles. The third kappa shape index (κ3) is 4.00. The van der Waals surface area contributed by atoms with Crippen molar-refractivity contribution in [1.29, 1.82) is 0 Å². The van der Waals surface area contributed by atoms with Gasteiger partial charge in [0.25, 0.3) is 0 Å². The average Bonchev–Trinajstić information content (AvgIpc) is 2.50. The van der Waals surface area contributed by atoms with E-state index in [-0.39, 0.29) is 5.75 Å². The summed E-state index contributed by atoms with van der Waals surface area (Å²) in [6, 6.07) is 4.47. The molecule has 7 heteroatoms. The predicted octanol–water partition coefficient (Wildman–Crippen LogP) is 4.25. The van der Waals surface area contributed by atoms with Crippen LogP contribution in [0.4, 0.5) is 17.6 Å². The minimum absolute atomic E-state index is 0.236. The second-order valence-electron chi connectivity index (χ2n) is 4.58. The molecule has 0 aromatic heterocycles. The largest absolute Gasteiger partial charge is 0.494 e. The van der Waals surface area contributed by atoms with Crippen LogP contribution in [0, 0.1) is 23.3 Å². The number of carbonyl (C=O) groups is 1. The van der Waals surface area contributed by atoms with Crippen LogP contribution in [0.3, 0.4) is 0 Å². The smallest absolute Gasteiger partial charge is 0.346 e. The molecular formula is C16H12F4O3. The molecule has 0 aliphatic rings. The van der Waals surface area contributed by atoms with Crippen LogP contribution in [0.2, 0.25) is 0 Å². The van der Waals surface area contributed by atoms with Crippen LogP contribution in [0.5, 0.6) is 11.5 Å². The molecule has 122 valence electrons. The lowest BCUT2D eigenvalue weighted by Crippen LogP contribution is -2.11. The van der Waals surface area contributed by atoms with Crippen LogP contribution < -0.4 is 9.47 Å². The molecule has 0 amide bonds. The number of halogens is 4. The van der Waals surface area contributed by atoms with Gasteiger partial charge in [-0.05, 0) is 18.6 Å². The molecule has 0 saturated heterocycles. The van der Waals surface area contributed by atoms with Gasteiger partial charge in [-0.1, -0.05) is 6.92 Å². The summed E-state index contributed by atoms with van der Waals surface area (Å²) < 4.78 is 62.6. The summed E-state index contributed by atoms with van der Waals surface area (Å²) in [5, 5.41) is 0. The van der Waals surface area contributed by atoms with Crippen molar-refractivity contribution in [2.45, 2.75) is 13.3 Å². The lowest BCUT2D eigenvalue weighted by atomic mass is 10.2. The molecule has 0 heterocycles. The van der Waals surface area contributed by atoms with E-state index in [9.17, 15) is 22.4 Å². The number of rotatable bonds is 5. The van der Waals surface area contributed by atoms with Gasteiger partial charge >= 0.3 is 5.97 Å². The lowest BCUT2D eigenvalue weighted by molar-refractivity contribution is 0.0728. The zero-order chi connectivity index (χ0) is 17.0. The number of hydrogen-bond acceptors (Lipinski definition) is 3. The molecule has 2 aromatic rings. The van der Waals surface area contributed by atoms with Crippen molar-refractivity contribution in [3.8, 4) is 11.5 Å². The Kier molecular flexibility index (Phi) is 5.20. The normalized spacial score (nSPS) is 10.5. The first-order chi connectivity index (χ1) is 10.9. The van der Waals surface area contributed by atoms with E-state index in [0.717, 1.165) is 18.6 Å². The molecule has 0 aliphatic carbocycles. The maximum Gasteiger partial charge on any atom is 0.346 e. The SMILES string of the molecule is CCCOc1ccc(C(=O)Oc2cc(F)c(F)c(F)c2)c(F)c1. The molecule has 0 fully saturated rings. The Morgan fingerprint density at radius 1 is 0.957 bits per heavy atom. The molecule has 3 nitrogen and oxygen atoms in total. The summed E-state index contributed by atoms with van der Waals surface area (Å²) in [6.45, 7) is 2.26. The van der Waals surface area contributed by atoms with Crippen molar-refractivity contribution in [3.63, 3.8) is 0 Å². The van der Waals surface area contributed by atoms with Crippen LogP contribution >= 0.6 is 0 Å². The highest BCUT2D eigenvalue weighted by atomic mass is 19.2. The number of esters is 1. The summed E-state index contributed by atoms with van der Waals surface area (Å²) in [5.41, 5.74) is -0.445. The first kappa shape index (κ1) is 16.8. The average molecular weight is 328 g/mol. The first-order valence-corrected chi connectivity index (χ1v) is 6.71. The Labute approximate surface area is 129 Å². The van der Waals surface area contributed by atoms with E-state index in [1.165, 1.54) is 6.07 Å². The van der Waals surface area contributed by atoms with Gasteiger partial charge in [0.2, 0.25) is 0 Å². The monoisotopic (exact) mass is 328 g/mol. The van der Waals surface area contributed by atoms with E-state index < -0.39 is 40.6 Å². The van der Waals surface area contributed by atoms with E-state index >= 15 is 0 Å². The van der Waals surface area contributed by atoms with Crippen LogP contribution in [0.1, 0.15) is 23.7 Å². The third-order valence-electron chi connectivity index (χ3n) is 2.80. The molecule has 0 saturated carbocycles. The van der Waals surface area contributed by atoms with Crippen molar-refractivity contribution in [1.82, 2.24) is 0 Å². The quantitative estimate of drug-likeness (QED) is 0.356. The summed E-state index contributed by atoms with van der Waals surface area (Å²) in [7, 11) is 0. The molecule has 0 spiro atoms. The third-order valence-corrected chi connectivity index (χ3v) is 2.80. The molecule has 0 atom stereocenters. The Hall–Kier alpha value is -2.57. The summed E-state index contributed by atoms with van der Waals surface area (Å²) in [4.78, 5) is 11.8. The van der Waals surface area contributed by atoms with Gasteiger partial charge in [0.05, 0.1) is 12.2 Å². The van der Waals surface area contributed by atoms with Gasteiger partial charge in [0, 0.05) is 18.2 Å². The fourth-order valence-corrected chi connectivity index (χ4v) is 1.72. The highest BCUT2D eigenvalue weighted by molar-refractivity contribution is 5.91. The van der Waals surface area contributed by atoms with Gasteiger partial charge in [0.15, 0.2) is 17.5 Å². The zero-order valence-corrected chi connectivity index (χ0v) is 12.0. The zero-order valence-electron chi connectivity index (χ0n) is 12.0. The van der Waals surface area contributed by atoms with E-state index in [4.69, 9.17) is 4.74 Å². The van der Waals surface area contributed by atoms with Crippen molar-refractivity contribution >= 4 is 5.97 Å². The number of carbonyl (C=O) groups excluding carboxylic acids is 1. The number of ether oxygens (including phenoxy) is 2. The van der Waals surface area contributed by atoms with E-state index in [0.29, 0.717) is 18.7 Å². The summed E-state index contributed by atoms with van der Waals surface area (Å²) in [6.07, 6.45) is 0.729. The van der Waals surface area contributed by atoms with Crippen molar-refractivity contribution in [3.05, 3.63) is 59.2 Å². The topological polar surface area (TPSA) is 35.5 Å². The van der Waals surface area contributed by atoms with Crippen molar-refractivity contribution in [2.75, 3.05) is 6.61 Å². The maximum absolute atomic E-state index is 13.9. The molecule has 0 bridgehead atoms. The van der Waals surface area contributed by atoms with Crippen molar-refractivity contribution < 1.29 is 31.8 Å². The number of benzene rings is 2. The maximum atomic E-state index is 13.9. The van der Waals surface area contributed by atoms with Crippen molar-refractivity contribution in [2.24, 2.45) is 0 Å². The second kappa shape index (κ2) is 7.13. The van der Waals surface area contributed by atoms with E-state index in [1.807, 2.05) is 6.92 Å². The van der Waals surface area contributed by atoms with Gasteiger partial charge in [-0.3, -0.25) is 0 Å². The molecule has 0 N–H and O–H groups in total. The second-order valence-corrected chi connectivity index (χ2v) is 4.58. The fraction of sp³-hybridized carbons (Fsp3) is 0.188. The van der Waals surface area contributed by atoms with Crippen LogP contribution in [-0.4, -0.2) is 12.6 Å². The summed E-state index contributed by atoms with van der Waals surface area (Å²) >= 11 is 0. The molecular weight excluding hydrogens is 316 g/mol. The first-order valence-electron chi connectivity index (χ1n) is 6.71. The van der Waals surface area contributed by atoms with Gasteiger partial charge in [-0.2, -0.15) is 0 Å². The minimum Gasteiger partial charge on any atom is -0.494 e. The molecule has 0 unspecified atom stereocenters. The number of hydrogen-bond donors (Lipinski definition) is 0. The standard InChI is InChI=1S/C16H12F4O3/c1-2-5-22-9-3-4-11(12(17)6-9)16(21)23-10-7-13(18)15(20)14(19)8-10/h3-4,6-8H,2,5H2,1H3. The minimum atomic E-state index is -1.69. The molecule has 0 radical (unpaired) electrons. The highest BCUT2D eigenvalue weighted by Gasteiger charge is 2.18. The summed E-state index contributed by atoms with van der Waals surface area (Å²) in [5.74, 6) is -7.14. The van der Waals surface area contributed by atoms with Gasteiger partial charge in [-0.25, -0.2) is 22.4 Å². The predicted molar refractivity (Wildman–Crippen MR) is 73.5 cm³/mol. The highest BCUT2D eigenvalue weighted by Crippen LogP contribution is 2.22. The molecule has 2 aromatic carbocycles. The van der Waals surface area contributed by atoms with Gasteiger partial charge in [0.1, 0.15) is 17.3 Å². The Bertz CT molecular complexity index is 708. The Balaban J connectivity index is 2.18. The van der Waals surface area contributed by atoms with E-state index in [1.54, 1.807) is 0 Å². The van der Waals surface area contributed by atoms with Crippen LogP contribution in [0.25, 0.3) is 0 Å².